The molecule has 2 N–H and O–H groups in total. The molecule has 1 saturated heterocycles. The van der Waals surface area contributed by atoms with Crippen molar-refractivity contribution in [3.63, 3.8) is 0 Å². The highest BCUT2D eigenvalue weighted by Crippen LogP contribution is 2.37. The van der Waals surface area contributed by atoms with Crippen LogP contribution >= 0.6 is 0 Å². The number of rotatable bonds is 3. The zero-order chi connectivity index (χ0) is 22.2. The summed E-state index contributed by atoms with van der Waals surface area (Å²) in [4.78, 5) is 42.0. The Morgan fingerprint density at radius 2 is 1.94 bits per heavy atom. The third kappa shape index (κ3) is 3.64. The number of aromatic nitrogens is 3. The number of carbonyl (C=O) groups is 2. The lowest BCUT2D eigenvalue weighted by Gasteiger charge is -2.41. The van der Waals surface area contributed by atoms with Crippen molar-refractivity contribution >= 4 is 34.5 Å². The van der Waals surface area contributed by atoms with E-state index in [0.29, 0.717) is 12.4 Å². The average molecular weight is 432 g/mol. The van der Waals surface area contributed by atoms with Gasteiger partial charge in [-0.1, -0.05) is 0 Å². The van der Waals surface area contributed by atoms with E-state index in [0.717, 1.165) is 59.5 Å². The number of fused-ring (bicyclic) bond motifs is 3. The molecule has 5 rings (SSSR count). The maximum Gasteiger partial charge on any atom is 0.324 e. The van der Waals surface area contributed by atoms with E-state index in [1.54, 1.807) is 17.2 Å². The van der Waals surface area contributed by atoms with Crippen molar-refractivity contribution in [2.24, 2.45) is 0 Å². The molecule has 3 aromatic rings. The summed E-state index contributed by atoms with van der Waals surface area (Å²) in [5, 5.41) is 6.05. The van der Waals surface area contributed by atoms with Gasteiger partial charge in [-0.25, -0.2) is 14.8 Å². The number of urea groups is 1. The normalized spacial score (nSPS) is 16.9. The van der Waals surface area contributed by atoms with Crippen LogP contribution in [0, 0.1) is 0 Å². The van der Waals surface area contributed by atoms with Gasteiger partial charge in [-0.2, -0.15) is 0 Å². The highest BCUT2D eigenvalue weighted by molar-refractivity contribution is 6.04. The highest BCUT2D eigenvalue weighted by Gasteiger charge is 2.36. The number of pyridine rings is 3. The van der Waals surface area contributed by atoms with Crippen LogP contribution in [0.15, 0.2) is 36.7 Å². The van der Waals surface area contributed by atoms with Crippen molar-refractivity contribution in [3.05, 3.63) is 42.2 Å². The lowest BCUT2D eigenvalue weighted by atomic mass is 10.0. The van der Waals surface area contributed by atoms with Crippen LogP contribution in [-0.2, 0) is 11.3 Å². The Hall–Kier alpha value is -3.59. The van der Waals surface area contributed by atoms with Crippen LogP contribution in [0.4, 0.5) is 16.3 Å². The van der Waals surface area contributed by atoms with Gasteiger partial charge in [-0.3, -0.25) is 14.7 Å². The summed E-state index contributed by atoms with van der Waals surface area (Å²) >= 11 is 0. The van der Waals surface area contributed by atoms with Crippen LogP contribution in [-0.4, -0.2) is 58.0 Å². The van der Waals surface area contributed by atoms with E-state index in [1.165, 1.54) is 6.92 Å². The van der Waals surface area contributed by atoms with Gasteiger partial charge in [0.25, 0.3) is 0 Å². The van der Waals surface area contributed by atoms with Crippen molar-refractivity contribution in [1.29, 1.82) is 0 Å². The minimum Gasteiger partial charge on any atom is -0.323 e. The summed E-state index contributed by atoms with van der Waals surface area (Å²) in [6, 6.07) is 7.59. The minimum absolute atomic E-state index is 0.00503. The zero-order valence-corrected chi connectivity index (χ0v) is 18.1. The van der Waals surface area contributed by atoms with Crippen LogP contribution in [0.5, 0.6) is 0 Å². The minimum atomic E-state index is -0.167. The number of piperidine rings is 1. The third-order valence-corrected chi connectivity index (χ3v) is 5.98. The van der Waals surface area contributed by atoms with Gasteiger partial charge in [-0.05, 0) is 50.2 Å². The summed E-state index contributed by atoms with van der Waals surface area (Å²) < 4.78 is 0. The van der Waals surface area contributed by atoms with E-state index in [9.17, 15) is 9.59 Å². The topological polar surface area (TPSA) is 103 Å². The highest BCUT2D eigenvalue weighted by atomic mass is 16.2. The standard InChI is InChI=1S/C23H25N7O2/c1-14(31)27-20-6-3-15(11-26-20)18-4-5-19-21(28-18)22-16(12-25-19)13-29(2)23(32)30(22)17-7-9-24-10-8-17/h3-6,11-12,17,24H,7-10,13H2,1-2H3,(H,26,27,31). The van der Waals surface area contributed by atoms with Gasteiger partial charge in [0, 0.05) is 43.5 Å². The Bertz CT molecular complexity index is 1190. The van der Waals surface area contributed by atoms with Crippen LogP contribution in [0.3, 0.4) is 0 Å². The van der Waals surface area contributed by atoms with Crippen LogP contribution in [0.2, 0.25) is 0 Å². The van der Waals surface area contributed by atoms with E-state index < -0.39 is 0 Å². The molecular weight excluding hydrogens is 406 g/mol. The fourth-order valence-electron chi connectivity index (χ4n) is 4.44. The van der Waals surface area contributed by atoms with Gasteiger partial charge in [0.05, 0.1) is 23.4 Å². The van der Waals surface area contributed by atoms with Gasteiger partial charge in [0.15, 0.2) is 0 Å². The molecule has 0 aliphatic carbocycles. The van der Waals surface area contributed by atoms with Gasteiger partial charge in [0.1, 0.15) is 11.3 Å². The van der Waals surface area contributed by atoms with Gasteiger partial charge >= 0.3 is 6.03 Å². The number of anilines is 2. The molecule has 0 bridgehead atoms. The Balaban J connectivity index is 1.61. The van der Waals surface area contributed by atoms with Gasteiger partial charge < -0.3 is 15.5 Å². The SMILES string of the molecule is CC(=O)Nc1ccc(-c2ccc3ncc4c(c3n2)N(C2CCNCC2)C(=O)N(C)C4)cn1. The van der Waals surface area contributed by atoms with E-state index in [1.807, 2.05) is 36.3 Å². The second-order valence-corrected chi connectivity index (χ2v) is 8.30. The van der Waals surface area contributed by atoms with E-state index in [-0.39, 0.29) is 18.0 Å². The predicted octanol–water partition coefficient (Wildman–Crippen LogP) is 2.77. The number of nitrogens with zero attached hydrogens (tertiary/aromatic N) is 5. The second-order valence-electron chi connectivity index (χ2n) is 8.30. The molecular formula is C23H25N7O2. The monoisotopic (exact) mass is 431 g/mol. The number of hydrogen-bond donors (Lipinski definition) is 2. The molecule has 0 spiro atoms. The fourth-order valence-corrected chi connectivity index (χ4v) is 4.44. The van der Waals surface area contributed by atoms with Crippen molar-refractivity contribution in [2.45, 2.75) is 32.4 Å². The molecule has 1 fully saturated rings. The number of amides is 3. The van der Waals surface area contributed by atoms with Crippen molar-refractivity contribution < 1.29 is 9.59 Å². The van der Waals surface area contributed by atoms with E-state index in [2.05, 4.69) is 20.6 Å². The van der Waals surface area contributed by atoms with E-state index >= 15 is 0 Å². The molecule has 0 atom stereocenters. The van der Waals surface area contributed by atoms with Crippen LogP contribution < -0.4 is 15.5 Å². The first kappa shape index (κ1) is 20.3. The number of nitrogens with one attached hydrogen (secondary N) is 2. The molecule has 0 aromatic carbocycles. The summed E-state index contributed by atoms with van der Waals surface area (Å²) in [6.07, 6.45) is 5.35. The molecule has 9 heteroatoms. The third-order valence-electron chi connectivity index (χ3n) is 5.98. The van der Waals surface area contributed by atoms with Crippen molar-refractivity contribution in [2.75, 3.05) is 30.4 Å². The van der Waals surface area contributed by atoms with Crippen LogP contribution in [0.1, 0.15) is 25.3 Å². The second kappa shape index (κ2) is 8.16. The summed E-state index contributed by atoms with van der Waals surface area (Å²) in [5.74, 6) is 0.325. The summed E-state index contributed by atoms with van der Waals surface area (Å²) in [6.45, 7) is 3.74. The van der Waals surface area contributed by atoms with E-state index in [4.69, 9.17) is 4.98 Å². The first-order valence-electron chi connectivity index (χ1n) is 10.8. The van der Waals surface area contributed by atoms with Crippen LogP contribution in [0.25, 0.3) is 22.3 Å². The quantitative estimate of drug-likeness (QED) is 0.661. The van der Waals surface area contributed by atoms with Crippen molar-refractivity contribution in [1.82, 2.24) is 25.2 Å². The number of carbonyl (C=O) groups excluding carboxylic acids is 2. The maximum atomic E-state index is 13.3. The smallest absolute Gasteiger partial charge is 0.323 e. The molecule has 3 aromatic heterocycles. The fraction of sp³-hybridized carbons (Fsp3) is 0.348. The maximum absolute atomic E-state index is 13.3. The van der Waals surface area contributed by atoms with Crippen molar-refractivity contribution in [3.8, 4) is 11.3 Å². The Labute approximate surface area is 185 Å². The van der Waals surface area contributed by atoms with Gasteiger partial charge in [-0.15, -0.1) is 0 Å². The predicted molar refractivity (Wildman–Crippen MR) is 122 cm³/mol. The molecule has 0 saturated carbocycles. The molecule has 164 valence electrons. The first-order chi connectivity index (χ1) is 15.5. The Kier molecular flexibility index (Phi) is 5.18. The largest absolute Gasteiger partial charge is 0.324 e. The number of hydrogen-bond acceptors (Lipinski definition) is 6. The molecule has 0 unspecified atom stereocenters. The lowest BCUT2D eigenvalue weighted by Crippen LogP contribution is -2.53. The molecule has 5 heterocycles. The summed E-state index contributed by atoms with van der Waals surface area (Å²) in [5.41, 5.74) is 4.92. The molecule has 3 amide bonds. The molecule has 32 heavy (non-hydrogen) atoms. The Morgan fingerprint density at radius 3 is 2.66 bits per heavy atom. The first-order valence-corrected chi connectivity index (χ1v) is 10.8. The average Bonchev–Trinajstić information content (AvgIpc) is 2.80. The molecule has 2 aliphatic heterocycles. The lowest BCUT2D eigenvalue weighted by molar-refractivity contribution is -0.114. The molecule has 2 aliphatic rings. The zero-order valence-electron chi connectivity index (χ0n) is 18.1. The molecule has 0 radical (unpaired) electrons. The van der Waals surface area contributed by atoms with Gasteiger partial charge in [0.2, 0.25) is 5.91 Å². The molecule has 9 nitrogen and oxygen atoms in total. The Morgan fingerprint density at radius 1 is 1.12 bits per heavy atom. The summed E-state index contributed by atoms with van der Waals surface area (Å²) in [7, 11) is 1.83.